The van der Waals surface area contributed by atoms with E-state index in [1.54, 1.807) is 12.1 Å². The highest BCUT2D eigenvalue weighted by Crippen LogP contribution is 2.38. The maximum atomic E-state index is 10.9. The van der Waals surface area contributed by atoms with Gasteiger partial charge >= 0.3 is 0 Å². The second-order valence-electron chi connectivity index (χ2n) is 4.04. The van der Waals surface area contributed by atoms with Crippen LogP contribution in [0.2, 0.25) is 0 Å². The topological polar surface area (TPSA) is 95.5 Å². The van der Waals surface area contributed by atoms with Gasteiger partial charge in [-0.15, -0.1) is 0 Å². The van der Waals surface area contributed by atoms with Gasteiger partial charge < -0.3 is 29.8 Å². The van der Waals surface area contributed by atoms with E-state index >= 15 is 0 Å². The zero-order valence-corrected chi connectivity index (χ0v) is 11.4. The third-order valence-electron chi connectivity index (χ3n) is 2.89. The maximum absolute atomic E-state index is 10.9. The molecule has 1 rings (SSSR count). The summed E-state index contributed by atoms with van der Waals surface area (Å²) in [5, 5.41) is 10.9. The number of rotatable bonds is 7. The van der Waals surface area contributed by atoms with Crippen molar-refractivity contribution in [3.8, 4) is 17.2 Å². The van der Waals surface area contributed by atoms with Crippen molar-refractivity contribution in [2.45, 2.75) is 6.42 Å². The molecule has 0 fully saturated rings. The van der Waals surface area contributed by atoms with E-state index in [1.807, 2.05) is 0 Å². The van der Waals surface area contributed by atoms with E-state index < -0.39 is 11.9 Å². The van der Waals surface area contributed by atoms with Crippen molar-refractivity contribution in [2.75, 3.05) is 27.9 Å². The Labute approximate surface area is 112 Å². The first-order valence-electron chi connectivity index (χ1n) is 5.86. The van der Waals surface area contributed by atoms with Crippen LogP contribution in [0, 0.1) is 5.92 Å². The van der Waals surface area contributed by atoms with Crippen LogP contribution >= 0.6 is 0 Å². The second-order valence-corrected chi connectivity index (χ2v) is 4.04. The van der Waals surface area contributed by atoms with Gasteiger partial charge in [0.15, 0.2) is 11.5 Å². The molecular weight excluding hydrogens is 250 g/mol. The third kappa shape index (κ3) is 3.51. The van der Waals surface area contributed by atoms with Gasteiger partial charge in [-0.05, 0) is 24.1 Å². The number of quaternary nitrogens is 1. The van der Waals surface area contributed by atoms with Crippen molar-refractivity contribution < 1.29 is 29.8 Å². The molecule has 0 heterocycles. The van der Waals surface area contributed by atoms with Crippen molar-refractivity contribution in [3.05, 3.63) is 17.7 Å². The lowest BCUT2D eigenvalue weighted by molar-refractivity contribution is -0.387. The highest BCUT2D eigenvalue weighted by Gasteiger charge is 2.17. The van der Waals surface area contributed by atoms with E-state index in [4.69, 9.17) is 14.2 Å². The van der Waals surface area contributed by atoms with Crippen LogP contribution in [0.1, 0.15) is 5.56 Å². The van der Waals surface area contributed by atoms with Gasteiger partial charge in [-0.3, -0.25) is 0 Å². The number of carbonyl (C=O) groups is 1. The van der Waals surface area contributed by atoms with E-state index in [9.17, 15) is 9.90 Å². The fourth-order valence-corrected chi connectivity index (χ4v) is 1.84. The Morgan fingerprint density at radius 3 is 2.05 bits per heavy atom. The first kappa shape index (κ1) is 15.1. The van der Waals surface area contributed by atoms with E-state index in [2.05, 4.69) is 5.73 Å². The largest absolute Gasteiger partial charge is 0.550 e. The first-order valence-corrected chi connectivity index (χ1v) is 5.86. The summed E-state index contributed by atoms with van der Waals surface area (Å²) in [6.45, 7) is 0.263. The molecule has 0 bridgehead atoms. The molecule has 0 amide bonds. The van der Waals surface area contributed by atoms with Crippen molar-refractivity contribution >= 4 is 5.97 Å². The molecule has 0 aliphatic rings. The van der Waals surface area contributed by atoms with E-state index in [-0.39, 0.29) is 6.54 Å². The van der Waals surface area contributed by atoms with Gasteiger partial charge in [0.25, 0.3) is 0 Å². The van der Waals surface area contributed by atoms with Crippen LogP contribution in [0.4, 0.5) is 0 Å². The first-order chi connectivity index (χ1) is 9.07. The molecule has 0 spiro atoms. The van der Waals surface area contributed by atoms with Crippen LogP contribution < -0.4 is 25.1 Å². The lowest BCUT2D eigenvalue weighted by atomic mass is 9.99. The number of carboxylic acids is 1. The molecule has 0 aliphatic heterocycles. The lowest BCUT2D eigenvalue weighted by Crippen LogP contribution is -2.57. The summed E-state index contributed by atoms with van der Waals surface area (Å²) in [6.07, 6.45) is 0.308. The number of methoxy groups -OCH3 is 3. The molecule has 1 atom stereocenters. The Morgan fingerprint density at radius 2 is 1.74 bits per heavy atom. The van der Waals surface area contributed by atoms with E-state index in [0.717, 1.165) is 5.56 Å². The standard InChI is InChI=1S/C13H19NO5/c1-17-10-5-8(4-9(7-14)13(15)16)6-11(18-2)12(10)19-3/h5-6,9H,4,7,14H2,1-3H3,(H,15,16)/t9-/m1/s1. The lowest BCUT2D eigenvalue weighted by Gasteiger charge is -2.17. The molecule has 3 N–H and O–H groups in total. The number of carbonyl (C=O) groups excluding carboxylic acids is 1. The number of carboxylic acid groups (broad SMARTS) is 1. The van der Waals surface area contributed by atoms with Gasteiger partial charge in [-0.2, -0.15) is 0 Å². The summed E-state index contributed by atoms with van der Waals surface area (Å²) in [5.41, 5.74) is 4.39. The minimum Gasteiger partial charge on any atom is -0.550 e. The fraction of sp³-hybridized carbons (Fsp3) is 0.462. The van der Waals surface area contributed by atoms with Crippen LogP contribution in [-0.2, 0) is 11.2 Å². The number of hydrogen-bond acceptors (Lipinski definition) is 5. The minimum absolute atomic E-state index is 0.263. The average molecular weight is 269 g/mol. The van der Waals surface area contributed by atoms with Gasteiger partial charge in [-0.25, -0.2) is 0 Å². The monoisotopic (exact) mass is 269 g/mol. The quantitative estimate of drug-likeness (QED) is 0.675. The molecule has 1 aromatic rings. The molecule has 0 unspecified atom stereocenters. The van der Waals surface area contributed by atoms with Crippen LogP contribution in [-0.4, -0.2) is 33.8 Å². The number of benzene rings is 1. The molecular formula is C13H19NO5. The number of ether oxygens (including phenoxy) is 3. The Hall–Kier alpha value is -1.95. The van der Waals surface area contributed by atoms with Crippen molar-refractivity contribution in [1.82, 2.24) is 0 Å². The third-order valence-corrected chi connectivity index (χ3v) is 2.89. The summed E-state index contributed by atoms with van der Waals surface area (Å²) in [7, 11) is 4.54. The summed E-state index contributed by atoms with van der Waals surface area (Å²) >= 11 is 0. The fourth-order valence-electron chi connectivity index (χ4n) is 1.84. The second kappa shape index (κ2) is 6.84. The zero-order chi connectivity index (χ0) is 14.4. The molecule has 6 nitrogen and oxygen atoms in total. The Bertz CT molecular complexity index is 422. The van der Waals surface area contributed by atoms with Gasteiger partial charge in [0.1, 0.15) is 0 Å². The highest BCUT2D eigenvalue weighted by molar-refractivity contribution is 5.68. The van der Waals surface area contributed by atoms with Crippen LogP contribution in [0.15, 0.2) is 12.1 Å². The maximum Gasteiger partial charge on any atom is 0.203 e. The molecule has 106 valence electrons. The molecule has 0 saturated carbocycles. The molecule has 1 aromatic carbocycles. The number of hydrogen-bond donors (Lipinski definition) is 1. The molecule has 0 saturated heterocycles. The minimum atomic E-state index is -1.11. The van der Waals surface area contributed by atoms with Crippen LogP contribution in [0.5, 0.6) is 17.2 Å². The zero-order valence-electron chi connectivity index (χ0n) is 11.4. The van der Waals surface area contributed by atoms with Gasteiger partial charge in [0.05, 0.1) is 39.8 Å². The Balaban J connectivity index is 3.12. The number of aliphatic carboxylic acids is 1. The van der Waals surface area contributed by atoms with Crippen molar-refractivity contribution in [1.29, 1.82) is 0 Å². The smallest absolute Gasteiger partial charge is 0.203 e. The molecule has 0 aromatic heterocycles. The summed E-state index contributed by atoms with van der Waals surface area (Å²) < 4.78 is 15.6. The summed E-state index contributed by atoms with van der Waals surface area (Å²) in [4.78, 5) is 10.9. The molecule has 19 heavy (non-hydrogen) atoms. The Morgan fingerprint density at radius 1 is 1.21 bits per heavy atom. The van der Waals surface area contributed by atoms with Crippen LogP contribution in [0.3, 0.4) is 0 Å². The van der Waals surface area contributed by atoms with Crippen molar-refractivity contribution in [2.24, 2.45) is 5.92 Å². The summed E-state index contributed by atoms with van der Waals surface area (Å²) in [6, 6.07) is 3.46. The Kier molecular flexibility index (Phi) is 5.44. The van der Waals surface area contributed by atoms with Gasteiger partial charge in [-0.1, -0.05) is 0 Å². The molecule has 0 aliphatic carbocycles. The van der Waals surface area contributed by atoms with Gasteiger partial charge in [0.2, 0.25) is 5.75 Å². The van der Waals surface area contributed by atoms with Gasteiger partial charge in [0, 0.05) is 0 Å². The van der Waals surface area contributed by atoms with Crippen LogP contribution in [0.25, 0.3) is 0 Å². The predicted molar refractivity (Wildman–Crippen MR) is 66.1 cm³/mol. The van der Waals surface area contributed by atoms with E-state index in [1.165, 1.54) is 21.3 Å². The molecule has 0 radical (unpaired) electrons. The van der Waals surface area contributed by atoms with E-state index in [0.29, 0.717) is 23.7 Å². The highest BCUT2D eigenvalue weighted by atomic mass is 16.5. The van der Waals surface area contributed by atoms with Crippen molar-refractivity contribution in [3.63, 3.8) is 0 Å². The summed E-state index contributed by atoms with van der Waals surface area (Å²) in [5.74, 6) is -0.268. The molecule has 6 heteroatoms. The SMILES string of the molecule is COc1cc(C[C@H](C[NH3+])C(=O)[O-])cc(OC)c1OC. The average Bonchev–Trinajstić information content (AvgIpc) is 2.42. The normalized spacial score (nSPS) is 11.8. The predicted octanol–water partition coefficient (Wildman–Crippen LogP) is -1.14.